The van der Waals surface area contributed by atoms with Gasteiger partial charge in [0.15, 0.2) is 0 Å². The number of fused-ring (bicyclic) bond motifs is 1. The first-order chi connectivity index (χ1) is 8.22. The smallest absolute Gasteiger partial charge is 0.255 e. The minimum atomic E-state index is 0.705. The maximum Gasteiger partial charge on any atom is 0.255 e. The molecule has 0 aliphatic carbocycles. The molecular formula is C12H19N5. The van der Waals surface area contributed by atoms with Crippen molar-refractivity contribution in [2.75, 3.05) is 6.54 Å². The molecular weight excluding hydrogens is 214 g/mol. The minimum Gasteiger partial charge on any atom is -0.330 e. The lowest BCUT2D eigenvalue weighted by atomic mass is 10.2. The zero-order valence-corrected chi connectivity index (χ0v) is 10.5. The molecule has 2 rings (SSSR count). The average Bonchev–Trinajstić information content (AvgIpc) is 2.68. The van der Waals surface area contributed by atoms with E-state index in [1.807, 2.05) is 11.3 Å². The molecule has 17 heavy (non-hydrogen) atoms. The van der Waals surface area contributed by atoms with E-state index < -0.39 is 0 Å². The predicted molar refractivity (Wildman–Crippen MR) is 66.9 cm³/mol. The highest BCUT2D eigenvalue weighted by Crippen LogP contribution is 2.10. The van der Waals surface area contributed by atoms with Crippen molar-refractivity contribution in [2.45, 2.75) is 39.5 Å². The largest absolute Gasteiger partial charge is 0.330 e. The Labute approximate surface area is 101 Å². The van der Waals surface area contributed by atoms with Gasteiger partial charge in [-0.1, -0.05) is 6.42 Å². The molecule has 2 aromatic heterocycles. The summed E-state index contributed by atoms with van der Waals surface area (Å²) in [5, 5.41) is 8.33. The highest BCUT2D eigenvalue weighted by atomic mass is 15.3. The standard InChI is InChI=1S/C12H19N5/c1-9-8-10(2)17-11(6-4-3-5-7-13)15-16-12(17)14-9/h8H,3-7,13H2,1-2H3. The van der Waals surface area contributed by atoms with Crippen LogP contribution in [0.2, 0.25) is 0 Å². The fraction of sp³-hybridized carbons (Fsp3) is 0.583. The van der Waals surface area contributed by atoms with Gasteiger partial charge >= 0.3 is 0 Å². The highest BCUT2D eigenvalue weighted by Gasteiger charge is 2.08. The fourth-order valence-electron chi connectivity index (χ4n) is 2.06. The second-order valence-corrected chi connectivity index (χ2v) is 4.39. The molecule has 0 spiro atoms. The van der Waals surface area contributed by atoms with E-state index in [-0.39, 0.29) is 0 Å². The zero-order chi connectivity index (χ0) is 12.3. The van der Waals surface area contributed by atoms with Gasteiger partial charge in [-0.05, 0) is 39.3 Å². The second-order valence-electron chi connectivity index (χ2n) is 4.39. The monoisotopic (exact) mass is 233 g/mol. The number of aryl methyl sites for hydroxylation is 3. The molecule has 0 saturated heterocycles. The molecule has 5 heteroatoms. The van der Waals surface area contributed by atoms with Crippen molar-refractivity contribution in [1.82, 2.24) is 19.6 Å². The van der Waals surface area contributed by atoms with Crippen molar-refractivity contribution < 1.29 is 0 Å². The summed E-state index contributed by atoms with van der Waals surface area (Å²) in [6.07, 6.45) is 4.26. The fourth-order valence-corrected chi connectivity index (χ4v) is 2.06. The van der Waals surface area contributed by atoms with E-state index in [4.69, 9.17) is 5.73 Å². The van der Waals surface area contributed by atoms with E-state index in [2.05, 4.69) is 28.2 Å². The zero-order valence-electron chi connectivity index (χ0n) is 10.5. The van der Waals surface area contributed by atoms with E-state index in [1.54, 1.807) is 0 Å². The summed E-state index contributed by atoms with van der Waals surface area (Å²) in [6, 6.07) is 2.06. The lowest BCUT2D eigenvalue weighted by molar-refractivity contribution is 0.663. The molecule has 2 N–H and O–H groups in total. The van der Waals surface area contributed by atoms with E-state index in [0.717, 1.165) is 49.4 Å². The molecule has 2 aromatic rings. The number of rotatable bonds is 5. The molecule has 2 heterocycles. The van der Waals surface area contributed by atoms with Crippen molar-refractivity contribution in [2.24, 2.45) is 5.73 Å². The number of hydrogen-bond donors (Lipinski definition) is 1. The number of nitrogens with two attached hydrogens (primary N) is 1. The summed E-state index contributed by atoms with van der Waals surface area (Å²) in [6.45, 7) is 4.80. The van der Waals surface area contributed by atoms with Gasteiger partial charge in [-0.25, -0.2) is 4.98 Å². The first-order valence-corrected chi connectivity index (χ1v) is 6.10. The van der Waals surface area contributed by atoms with Gasteiger partial charge < -0.3 is 5.73 Å². The third-order valence-corrected chi connectivity index (χ3v) is 2.86. The van der Waals surface area contributed by atoms with Crippen LogP contribution in [-0.2, 0) is 6.42 Å². The summed E-state index contributed by atoms with van der Waals surface area (Å²) in [7, 11) is 0. The van der Waals surface area contributed by atoms with Crippen molar-refractivity contribution in [3.8, 4) is 0 Å². The number of nitrogens with zero attached hydrogens (tertiary/aromatic N) is 4. The van der Waals surface area contributed by atoms with E-state index >= 15 is 0 Å². The quantitative estimate of drug-likeness (QED) is 0.793. The van der Waals surface area contributed by atoms with Gasteiger partial charge in [-0.3, -0.25) is 4.40 Å². The number of unbranched alkanes of at least 4 members (excludes halogenated alkanes) is 2. The van der Waals surface area contributed by atoms with Crippen LogP contribution in [0.3, 0.4) is 0 Å². The Bertz CT molecular complexity index is 503. The summed E-state index contributed by atoms with van der Waals surface area (Å²) in [5.41, 5.74) is 7.60. The van der Waals surface area contributed by atoms with Crippen LogP contribution in [0.25, 0.3) is 5.78 Å². The summed E-state index contributed by atoms with van der Waals surface area (Å²) in [4.78, 5) is 4.37. The van der Waals surface area contributed by atoms with Gasteiger partial charge in [0.25, 0.3) is 5.78 Å². The van der Waals surface area contributed by atoms with Crippen LogP contribution in [0.5, 0.6) is 0 Å². The maximum absolute atomic E-state index is 5.48. The third-order valence-electron chi connectivity index (χ3n) is 2.86. The minimum absolute atomic E-state index is 0.705. The lowest BCUT2D eigenvalue weighted by Crippen LogP contribution is -2.02. The Morgan fingerprint density at radius 1 is 1.18 bits per heavy atom. The molecule has 0 atom stereocenters. The van der Waals surface area contributed by atoms with Crippen LogP contribution in [0.15, 0.2) is 6.07 Å². The SMILES string of the molecule is Cc1cc(C)n2c(CCCCCN)nnc2n1. The van der Waals surface area contributed by atoms with Crippen molar-refractivity contribution in [1.29, 1.82) is 0 Å². The molecule has 0 radical (unpaired) electrons. The number of hydrogen-bond acceptors (Lipinski definition) is 4. The van der Waals surface area contributed by atoms with Gasteiger partial charge in [0.1, 0.15) is 5.82 Å². The molecule has 0 bridgehead atoms. The summed E-state index contributed by atoms with van der Waals surface area (Å²) < 4.78 is 2.04. The van der Waals surface area contributed by atoms with Gasteiger partial charge in [-0.2, -0.15) is 0 Å². The van der Waals surface area contributed by atoms with Crippen LogP contribution in [0.4, 0.5) is 0 Å². The Morgan fingerprint density at radius 2 is 2.00 bits per heavy atom. The highest BCUT2D eigenvalue weighted by molar-refractivity contribution is 5.32. The van der Waals surface area contributed by atoms with E-state index in [0.29, 0.717) is 5.78 Å². The van der Waals surface area contributed by atoms with Crippen LogP contribution < -0.4 is 5.73 Å². The van der Waals surface area contributed by atoms with Crippen LogP contribution >= 0.6 is 0 Å². The third kappa shape index (κ3) is 2.61. The van der Waals surface area contributed by atoms with Crippen molar-refractivity contribution in [3.05, 3.63) is 23.3 Å². The molecule has 0 aliphatic rings. The van der Waals surface area contributed by atoms with Gasteiger partial charge in [0, 0.05) is 17.8 Å². The normalized spacial score (nSPS) is 11.2. The molecule has 92 valence electrons. The van der Waals surface area contributed by atoms with Crippen LogP contribution in [0.1, 0.15) is 36.5 Å². The second kappa shape index (κ2) is 5.23. The topological polar surface area (TPSA) is 69.1 Å². The summed E-state index contributed by atoms with van der Waals surface area (Å²) >= 11 is 0. The first-order valence-electron chi connectivity index (χ1n) is 6.10. The summed E-state index contributed by atoms with van der Waals surface area (Å²) in [5.74, 6) is 1.71. The lowest BCUT2D eigenvalue weighted by Gasteiger charge is -2.04. The van der Waals surface area contributed by atoms with E-state index in [1.165, 1.54) is 0 Å². The predicted octanol–water partition coefficient (Wildman–Crippen LogP) is 1.41. The molecule has 0 saturated carbocycles. The molecule has 0 unspecified atom stereocenters. The van der Waals surface area contributed by atoms with Crippen molar-refractivity contribution >= 4 is 5.78 Å². The van der Waals surface area contributed by atoms with Gasteiger partial charge in [-0.15, -0.1) is 10.2 Å². The maximum atomic E-state index is 5.48. The van der Waals surface area contributed by atoms with Crippen molar-refractivity contribution in [3.63, 3.8) is 0 Å². The Kier molecular flexibility index (Phi) is 3.68. The molecule has 0 fully saturated rings. The van der Waals surface area contributed by atoms with Gasteiger partial charge in [0.05, 0.1) is 0 Å². The Morgan fingerprint density at radius 3 is 2.76 bits per heavy atom. The molecule has 5 nitrogen and oxygen atoms in total. The first kappa shape index (κ1) is 12.0. The van der Waals surface area contributed by atoms with Gasteiger partial charge in [0.2, 0.25) is 0 Å². The molecule has 0 amide bonds. The van der Waals surface area contributed by atoms with Crippen LogP contribution in [0, 0.1) is 13.8 Å². The average molecular weight is 233 g/mol. The van der Waals surface area contributed by atoms with Crippen LogP contribution in [-0.4, -0.2) is 26.1 Å². The Hall–Kier alpha value is -1.49. The molecule has 0 aliphatic heterocycles. The van der Waals surface area contributed by atoms with E-state index in [9.17, 15) is 0 Å². The molecule has 0 aromatic carbocycles. The number of aromatic nitrogens is 4. The Balaban J connectivity index is 2.18.